The van der Waals surface area contributed by atoms with Gasteiger partial charge in [0.2, 0.25) is 5.91 Å². The summed E-state index contributed by atoms with van der Waals surface area (Å²) in [7, 11) is 1.53. The number of hydrogen-bond donors (Lipinski definition) is 1. The van der Waals surface area contributed by atoms with E-state index in [-0.39, 0.29) is 24.2 Å². The van der Waals surface area contributed by atoms with Crippen molar-refractivity contribution in [2.45, 2.75) is 13.5 Å². The summed E-state index contributed by atoms with van der Waals surface area (Å²) in [6.45, 7) is 1.48. The van der Waals surface area contributed by atoms with Gasteiger partial charge in [-0.3, -0.25) is 14.2 Å². The zero-order valence-corrected chi connectivity index (χ0v) is 13.9. The number of carbonyl (C=O) groups is 2. The molecule has 1 heterocycles. The summed E-state index contributed by atoms with van der Waals surface area (Å²) < 4.78 is 20.3. The maximum atomic E-state index is 13.7. The summed E-state index contributed by atoms with van der Waals surface area (Å²) in [5.74, 6) is -0.391. The Morgan fingerprint density at radius 3 is 2.64 bits per heavy atom. The molecule has 0 radical (unpaired) electrons. The first-order chi connectivity index (χ1) is 12.0. The number of rotatable bonds is 4. The maximum Gasteiger partial charge on any atom is 0.253 e. The molecule has 0 saturated carbocycles. The van der Waals surface area contributed by atoms with Crippen LogP contribution in [0.5, 0.6) is 5.75 Å². The van der Waals surface area contributed by atoms with Crippen molar-refractivity contribution in [1.82, 2.24) is 9.88 Å². The topological polar surface area (TPSA) is 60.3 Å². The lowest BCUT2D eigenvalue weighted by molar-refractivity contribution is 0.0941. The maximum absolute atomic E-state index is 13.7. The molecule has 5 nitrogen and oxygen atoms in total. The van der Waals surface area contributed by atoms with Crippen molar-refractivity contribution in [2.24, 2.45) is 0 Å². The van der Waals surface area contributed by atoms with Crippen molar-refractivity contribution < 1.29 is 18.7 Å². The van der Waals surface area contributed by atoms with Gasteiger partial charge >= 0.3 is 0 Å². The number of fused-ring (bicyclic) bond motifs is 1. The van der Waals surface area contributed by atoms with Crippen LogP contribution in [0.1, 0.15) is 27.6 Å². The lowest BCUT2D eigenvalue weighted by atomic mass is 10.1. The van der Waals surface area contributed by atoms with Gasteiger partial charge in [-0.25, -0.2) is 4.39 Å². The minimum atomic E-state index is -0.387. The number of amides is 1. The third-order valence-corrected chi connectivity index (χ3v) is 3.99. The molecule has 0 atom stereocenters. The van der Waals surface area contributed by atoms with E-state index in [1.165, 1.54) is 30.9 Å². The summed E-state index contributed by atoms with van der Waals surface area (Å²) >= 11 is 0. The molecule has 0 aliphatic rings. The van der Waals surface area contributed by atoms with Crippen LogP contribution in [0.3, 0.4) is 0 Å². The normalized spacial score (nSPS) is 10.7. The predicted molar refractivity (Wildman–Crippen MR) is 92.4 cm³/mol. The molecule has 1 N–H and O–H groups in total. The van der Waals surface area contributed by atoms with E-state index in [2.05, 4.69) is 5.32 Å². The Hall–Kier alpha value is -3.15. The van der Waals surface area contributed by atoms with Gasteiger partial charge in [0.1, 0.15) is 11.6 Å². The number of aromatic nitrogens is 1. The van der Waals surface area contributed by atoms with Crippen molar-refractivity contribution in [1.29, 1.82) is 0 Å². The minimum absolute atomic E-state index is 0.0578. The van der Waals surface area contributed by atoms with Crippen LogP contribution >= 0.6 is 0 Å². The highest BCUT2D eigenvalue weighted by Gasteiger charge is 2.17. The van der Waals surface area contributed by atoms with Gasteiger partial charge in [0.15, 0.2) is 0 Å². The average molecular weight is 340 g/mol. The van der Waals surface area contributed by atoms with Gasteiger partial charge in [0.05, 0.1) is 18.2 Å². The number of halogens is 1. The minimum Gasteiger partial charge on any atom is -0.497 e. The fourth-order valence-corrected chi connectivity index (χ4v) is 2.69. The first kappa shape index (κ1) is 16.7. The van der Waals surface area contributed by atoms with Gasteiger partial charge in [-0.1, -0.05) is 18.2 Å². The highest BCUT2D eigenvalue weighted by Crippen LogP contribution is 2.26. The summed E-state index contributed by atoms with van der Waals surface area (Å²) in [4.78, 5) is 24.4. The van der Waals surface area contributed by atoms with Crippen molar-refractivity contribution >= 4 is 22.7 Å². The van der Waals surface area contributed by atoms with Crippen LogP contribution in [0.2, 0.25) is 0 Å². The molecular weight excluding hydrogens is 323 g/mol. The van der Waals surface area contributed by atoms with Gasteiger partial charge in [-0.05, 0) is 24.3 Å². The van der Waals surface area contributed by atoms with E-state index in [9.17, 15) is 14.0 Å². The molecule has 3 rings (SSSR count). The first-order valence-electron chi connectivity index (χ1n) is 7.73. The number of benzene rings is 2. The molecule has 0 unspecified atom stereocenters. The van der Waals surface area contributed by atoms with Crippen molar-refractivity contribution in [2.75, 3.05) is 7.11 Å². The Balaban J connectivity index is 1.95. The number of carbonyl (C=O) groups excluding carboxylic acids is 2. The molecular formula is C19H17FN2O3. The highest BCUT2D eigenvalue weighted by atomic mass is 19.1. The lowest BCUT2D eigenvalue weighted by Gasteiger charge is -2.06. The van der Waals surface area contributed by atoms with E-state index < -0.39 is 0 Å². The predicted octanol–water partition coefficient (Wildman–Crippen LogP) is 3.38. The lowest BCUT2D eigenvalue weighted by Crippen LogP contribution is -2.23. The molecule has 2 aromatic carbocycles. The summed E-state index contributed by atoms with van der Waals surface area (Å²) in [6, 6.07) is 11.4. The molecule has 0 fully saturated rings. The molecule has 0 saturated heterocycles. The van der Waals surface area contributed by atoms with Gasteiger partial charge in [0, 0.05) is 30.6 Å². The van der Waals surface area contributed by atoms with Crippen LogP contribution in [0, 0.1) is 5.82 Å². The van der Waals surface area contributed by atoms with Crippen LogP contribution in [0.4, 0.5) is 4.39 Å². The molecule has 128 valence electrons. The Morgan fingerprint density at radius 1 is 1.20 bits per heavy atom. The van der Waals surface area contributed by atoms with Gasteiger partial charge < -0.3 is 10.1 Å². The van der Waals surface area contributed by atoms with Crippen LogP contribution in [0.15, 0.2) is 48.7 Å². The average Bonchev–Trinajstić information content (AvgIpc) is 2.99. The third-order valence-electron chi connectivity index (χ3n) is 3.99. The van der Waals surface area contributed by atoms with E-state index in [4.69, 9.17) is 4.74 Å². The van der Waals surface area contributed by atoms with E-state index in [1.807, 2.05) is 0 Å². The molecule has 0 spiro atoms. The zero-order chi connectivity index (χ0) is 18.0. The van der Waals surface area contributed by atoms with E-state index in [0.29, 0.717) is 27.8 Å². The molecule has 1 amide bonds. The number of nitrogens with one attached hydrogen (secondary N) is 1. The molecule has 6 heteroatoms. The van der Waals surface area contributed by atoms with Gasteiger partial charge in [-0.2, -0.15) is 0 Å². The summed E-state index contributed by atoms with van der Waals surface area (Å²) in [5.41, 5.74) is 1.34. The number of nitrogens with zero attached hydrogens (tertiary/aromatic N) is 1. The first-order valence-corrected chi connectivity index (χ1v) is 7.73. The summed E-state index contributed by atoms with van der Waals surface area (Å²) in [5, 5.41) is 3.29. The largest absolute Gasteiger partial charge is 0.497 e. The number of ether oxygens (including phenoxy) is 1. The second-order valence-corrected chi connectivity index (χ2v) is 5.59. The number of methoxy groups -OCH3 is 1. The van der Waals surface area contributed by atoms with Crippen molar-refractivity contribution in [3.8, 4) is 5.75 Å². The highest BCUT2D eigenvalue weighted by molar-refractivity contribution is 6.09. The Labute approximate surface area is 144 Å². The number of hydrogen-bond acceptors (Lipinski definition) is 3. The van der Waals surface area contributed by atoms with E-state index in [0.717, 1.165) is 0 Å². The Morgan fingerprint density at radius 2 is 1.96 bits per heavy atom. The molecule has 0 aliphatic heterocycles. The fourth-order valence-electron chi connectivity index (χ4n) is 2.69. The monoisotopic (exact) mass is 340 g/mol. The third kappa shape index (κ3) is 3.24. The second kappa shape index (κ2) is 6.76. The standard InChI is InChI=1S/C19H17FN2O3/c1-12(23)22-11-16(15-9-14(25-2)7-8-18(15)22)19(24)21-10-13-5-3-4-6-17(13)20/h3-9,11H,10H2,1-2H3,(H,21,24). The molecule has 3 aromatic rings. The SMILES string of the molecule is COc1ccc2c(c1)c(C(=O)NCc1ccccc1F)cn2C(C)=O. The van der Waals surface area contributed by atoms with Crippen LogP contribution in [-0.4, -0.2) is 23.5 Å². The summed E-state index contributed by atoms with van der Waals surface area (Å²) in [6.07, 6.45) is 1.49. The zero-order valence-electron chi connectivity index (χ0n) is 13.9. The molecule has 0 bridgehead atoms. The quantitative estimate of drug-likeness (QED) is 0.792. The fraction of sp³-hybridized carbons (Fsp3) is 0.158. The molecule has 1 aromatic heterocycles. The van der Waals surface area contributed by atoms with Crippen molar-refractivity contribution in [3.63, 3.8) is 0 Å². The van der Waals surface area contributed by atoms with Crippen LogP contribution in [0.25, 0.3) is 10.9 Å². The van der Waals surface area contributed by atoms with Gasteiger partial charge in [0.25, 0.3) is 5.91 Å². The molecule has 0 aliphatic carbocycles. The Bertz CT molecular complexity index is 962. The van der Waals surface area contributed by atoms with Crippen LogP contribution in [-0.2, 0) is 6.54 Å². The van der Waals surface area contributed by atoms with Gasteiger partial charge in [-0.15, -0.1) is 0 Å². The van der Waals surface area contributed by atoms with Crippen molar-refractivity contribution in [3.05, 3.63) is 65.6 Å². The van der Waals surface area contributed by atoms with E-state index in [1.54, 1.807) is 36.4 Å². The van der Waals surface area contributed by atoms with Crippen LogP contribution < -0.4 is 10.1 Å². The second-order valence-electron chi connectivity index (χ2n) is 5.59. The Kier molecular flexibility index (Phi) is 4.52. The molecule has 25 heavy (non-hydrogen) atoms. The van der Waals surface area contributed by atoms with E-state index >= 15 is 0 Å². The smallest absolute Gasteiger partial charge is 0.253 e.